The van der Waals surface area contributed by atoms with Gasteiger partial charge in [-0.25, -0.2) is 4.39 Å². The van der Waals surface area contributed by atoms with E-state index in [1.54, 1.807) is 0 Å². The molecule has 0 spiro atoms. The molecule has 1 aliphatic rings. The first-order valence-corrected chi connectivity index (χ1v) is 12.5. The van der Waals surface area contributed by atoms with Gasteiger partial charge in [0.1, 0.15) is 5.60 Å². The van der Waals surface area contributed by atoms with Crippen molar-refractivity contribution in [3.8, 4) is 0 Å². The summed E-state index contributed by atoms with van der Waals surface area (Å²) in [5.74, 6) is -0.452. The van der Waals surface area contributed by atoms with Crippen molar-refractivity contribution in [3.63, 3.8) is 0 Å². The maximum atomic E-state index is 14.6. The van der Waals surface area contributed by atoms with Gasteiger partial charge in [0.2, 0.25) is 6.17 Å². The molecule has 1 aliphatic carbocycles. The lowest BCUT2D eigenvalue weighted by atomic mass is 9.92. The van der Waals surface area contributed by atoms with Crippen LogP contribution in [0.4, 0.5) is 17.6 Å². The van der Waals surface area contributed by atoms with Gasteiger partial charge in [0, 0.05) is 0 Å². The zero-order chi connectivity index (χ0) is 20.6. The first-order valence-electron chi connectivity index (χ1n) is 9.98. The van der Waals surface area contributed by atoms with Gasteiger partial charge in [-0.3, -0.25) is 4.79 Å². The zero-order valence-electron chi connectivity index (χ0n) is 16.6. The number of rotatable bonds is 12. The maximum absolute atomic E-state index is 14.6. The van der Waals surface area contributed by atoms with E-state index in [-0.39, 0.29) is 0 Å². The molecule has 0 aromatic heterocycles. The van der Waals surface area contributed by atoms with Gasteiger partial charge >= 0.3 is 6.18 Å². The highest BCUT2D eigenvalue weighted by Gasteiger charge is 2.56. The summed E-state index contributed by atoms with van der Waals surface area (Å²) in [5.41, 5.74) is -2.23. The smallest absolute Gasteiger partial charge is 0.401 e. The normalized spacial score (nSPS) is 18.1. The van der Waals surface area contributed by atoms with E-state index in [0.29, 0.717) is 18.1 Å². The molecule has 0 amide bonds. The van der Waals surface area contributed by atoms with Gasteiger partial charge in [0.15, 0.2) is 14.1 Å². The lowest BCUT2D eigenvalue weighted by molar-refractivity contribution is -0.209. The van der Waals surface area contributed by atoms with Crippen molar-refractivity contribution in [2.24, 2.45) is 0 Å². The van der Waals surface area contributed by atoms with E-state index in [0.717, 1.165) is 62.8 Å². The van der Waals surface area contributed by atoms with Crippen LogP contribution in [0.3, 0.4) is 0 Å². The minimum atomic E-state index is -5.06. The summed E-state index contributed by atoms with van der Waals surface area (Å²) in [7, 11) is -2.64. The van der Waals surface area contributed by atoms with Gasteiger partial charge in [0.05, 0.1) is 0 Å². The van der Waals surface area contributed by atoms with Crippen molar-refractivity contribution in [1.82, 2.24) is 0 Å². The van der Waals surface area contributed by atoms with E-state index in [4.69, 9.17) is 4.43 Å². The van der Waals surface area contributed by atoms with E-state index in [2.05, 4.69) is 0 Å². The average molecular weight is 409 g/mol. The average Bonchev–Trinajstić information content (AvgIpc) is 2.63. The van der Waals surface area contributed by atoms with Crippen molar-refractivity contribution in [2.75, 3.05) is 0 Å². The van der Waals surface area contributed by atoms with Crippen LogP contribution in [-0.4, -0.2) is 32.0 Å². The Morgan fingerprint density at radius 3 is 1.70 bits per heavy atom. The van der Waals surface area contributed by atoms with Gasteiger partial charge in [-0.15, -0.1) is 0 Å². The first-order chi connectivity index (χ1) is 12.6. The molecule has 1 unspecified atom stereocenters. The third-order valence-electron chi connectivity index (χ3n) is 5.05. The third-order valence-corrected chi connectivity index (χ3v) is 9.63. The molecular formula is C20H32F4O2Si. The molecule has 0 radical (unpaired) electrons. The Kier molecular flexibility index (Phi) is 9.41. The van der Waals surface area contributed by atoms with E-state index in [1.807, 2.05) is 20.8 Å². The number of carbonyl (C=O) groups excluding carboxylic acids is 1. The van der Waals surface area contributed by atoms with Crippen molar-refractivity contribution in [3.05, 3.63) is 24.3 Å². The molecule has 0 bridgehead atoms. The predicted octanol–water partition coefficient (Wildman–Crippen LogP) is 6.68. The van der Waals surface area contributed by atoms with Crippen LogP contribution >= 0.6 is 0 Å². The quantitative estimate of drug-likeness (QED) is 0.266. The molecule has 1 rings (SSSR count). The Labute approximate surface area is 161 Å². The monoisotopic (exact) mass is 408 g/mol. The largest absolute Gasteiger partial charge is 0.423 e. The van der Waals surface area contributed by atoms with Crippen LogP contribution in [-0.2, 0) is 9.22 Å². The fraction of sp³-hybridized carbons (Fsp3) is 0.750. The second-order valence-electron chi connectivity index (χ2n) is 7.42. The highest BCUT2D eigenvalue weighted by molar-refractivity contribution is 6.74. The Hall–Kier alpha value is -0.953. The highest BCUT2D eigenvalue weighted by Crippen LogP contribution is 2.42. The second kappa shape index (κ2) is 10.6. The Morgan fingerprint density at radius 1 is 0.963 bits per heavy atom. The van der Waals surface area contributed by atoms with Crippen LogP contribution in [0, 0.1) is 0 Å². The van der Waals surface area contributed by atoms with Crippen LogP contribution in [0.5, 0.6) is 0 Å². The van der Waals surface area contributed by atoms with Crippen molar-refractivity contribution in [2.45, 2.75) is 95.4 Å². The molecule has 0 fully saturated rings. The summed E-state index contributed by atoms with van der Waals surface area (Å²) in [4.78, 5) is 11.5. The molecule has 0 aliphatic heterocycles. The van der Waals surface area contributed by atoms with Gasteiger partial charge < -0.3 is 4.43 Å². The van der Waals surface area contributed by atoms with Crippen LogP contribution in [0.1, 0.15) is 59.3 Å². The lowest BCUT2D eigenvalue weighted by Gasteiger charge is -2.43. The Morgan fingerprint density at radius 2 is 1.37 bits per heavy atom. The summed E-state index contributed by atoms with van der Waals surface area (Å²) in [6.45, 7) is 6.09. The minimum Gasteiger partial charge on any atom is -0.401 e. The molecule has 0 saturated carbocycles. The molecule has 7 heteroatoms. The number of hydrogen-bond donors (Lipinski definition) is 0. The SMILES string of the molecule is CCCC[Si](CCCC)(CCCC)OC1(C(F)C(F)(F)F)C=CC(=O)C=C1. The standard InChI is InChI=1S/C20H32F4O2Si/c1-4-7-14-27(15-8-5-2,16-9-6-3)26-19(18(21)20(22,23)24)12-10-17(25)11-13-19/h10-13,18H,4-9,14-16H2,1-3H3. The summed E-state index contributed by atoms with van der Waals surface area (Å²) in [6.07, 6.45) is 0.994. The Bertz CT molecular complexity index is 491. The first kappa shape index (κ1) is 24.1. The van der Waals surface area contributed by atoms with Crippen molar-refractivity contribution in [1.29, 1.82) is 0 Å². The molecule has 156 valence electrons. The number of unbranched alkanes of at least 4 members (excludes halogenated alkanes) is 3. The van der Waals surface area contributed by atoms with E-state index < -0.39 is 32.0 Å². The number of ketones is 1. The molecule has 0 aromatic rings. The van der Waals surface area contributed by atoms with Crippen LogP contribution < -0.4 is 0 Å². The number of halogens is 4. The zero-order valence-corrected chi connectivity index (χ0v) is 17.6. The van der Waals surface area contributed by atoms with Crippen LogP contribution in [0.2, 0.25) is 18.1 Å². The van der Waals surface area contributed by atoms with Crippen LogP contribution in [0.25, 0.3) is 0 Å². The van der Waals surface area contributed by atoms with Crippen molar-refractivity contribution >= 4 is 14.1 Å². The summed E-state index contributed by atoms with van der Waals surface area (Å²) in [6, 6.07) is 2.14. The van der Waals surface area contributed by atoms with E-state index in [9.17, 15) is 22.4 Å². The fourth-order valence-electron chi connectivity index (χ4n) is 3.48. The second-order valence-corrected chi connectivity index (χ2v) is 11.5. The maximum Gasteiger partial charge on any atom is 0.423 e. The molecule has 2 nitrogen and oxygen atoms in total. The van der Waals surface area contributed by atoms with Gasteiger partial charge in [-0.2, -0.15) is 13.2 Å². The summed E-state index contributed by atoms with van der Waals surface area (Å²) >= 11 is 0. The summed E-state index contributed by atoms with van der Waals surface area (Å²) in [5, 5.41) is 0. The number of alkyl halides is 4. The number of carbonyl (C=O) groups is 1. The molecule has 0 saturated heterocycles. The van der Waals surface area contributed by atoms with Crippen LogP contribution in [0.15, 0.2) is 24.3 Å². The topological polar surface area (TPSA) is 26.3 Å². The van der Waals surface area contributed by atoms with Gasteiger partial charge in [-0.05, 0) is 42.4 Å². The molecule has 0 heterocycles. The molecule has 1 atom stereocenters. The van der Waals surface area contributed by atoms with E-state index in [1.165, 1.54) is 0 Å². The molecule has 0 aromatic carbocycles. The molecule has 0 N–H and O–H groups in total. The van der Waals surface area contributed by atoms with E-state index >= 15 is 0 Å². The predicted molar refractivity (Wildman–Crippen MR) is 103 cm³/mol. The fourth-order valence-corrected chi connectivity index (χ4v) is 8.52. The Balaban J connectivity index is 3.32. The highest BCUT2D eigenvalue weighted by atomic mass is 28.4. The van der Waals surface area contributed by atoms with Gasteiger partial charge in [0.25, 0.3) is 0 Å². The van der Waals surface area contributed by atoms with Crippen molar-refractivity contribution < 1.29 is 26.8 Å². The third kappa shape index (κ3) is 6.86. The van der Waals surface area contributed by atoms with Gasteiger partial charge in [-0.1, -0.05) is 59.3 Å². The molecule has 27 heavy (non-hydrogen) atoms. The number of allylic oxidation sites excluding steroid dienone is 2. The molecular weight excluding hydrogens is 376 g/mol. The minimum absolute atomic E-state index is 0.452. The lowest BCUT2D eigenvalue weighted by Crippen LogP contribution is -2.55. The summed E-state index contributed by atoms with van der Waals surface area (Å²) < 4.78 is 60.8. The number of hydrogen-bond acceptors (Lipinski definition) is 2.